The maximum Gasteiger partial charge on any atom is 0.338 e. The van der Waals surface area contributed by atoms with Crippen molar-refractivity contribution >= 4 is 39.3 Å². The molecule has 2 heterocycles. The summed E-state index contributed by atoms with van der Waals surface area (Å²) in [6.07, 6.45) is 3.57. The molecule has 0 aliphatic heterocycles. The van der Waals surface area contributed by atoms with Crippen molar-refractivity contribution < 1.29 is 9.53 Å². The third kappa shape index (κ3) is 3.68. The molecule has 0 radical (unpaired) electrons. The number of aromatic nitrogens is 2. The van der Waals surface area contributed by atoms with Crippen molar-refractivity contribution in [1.82, 2.24) is 9.97 Å². The number of hydrogen-bond acceptors (Lipinski definition) is 6. The van der Waals surface area contributed by atoms with Crippen LogP contribution in [0, 0.1) is 18.8 Å². The van der Waals surface area contributed by atoms with Gasteiger partial charge in [-0.3, -0.25) is 0 Å². The van der Waals surface area contributed by atoms with Crippen molar-refractivity contribution in [2.24, 2.45) is 0 Å². The molecule has 6 heteroatoms. The molecule has 0 saturated heterocycles. The van der Waals surface area contributed by atoms with Crippen molar-refractivity contribution in [1.29, 1.82) is 0 Å². The quantitative estimate of drug-likeness (QED) is 0.299. The molecule has 3 aromatic rings. The average molecular weight is 368 g/mol. The molecule has 0 N–H and O–H groups in total. The fourth-order valence-corrected chi connectivity index (χ4v) is 3.96. The van der Waals surface area contributed by atoms with Gasteiger partial charge in [0.15, 0.2) is 0 Å². The van der Waals surface area contributed by atoms with E-state index in [1.807, 2.05) is 24.6 Å². The molecule has 0 bridgehead atoms. The van der Waals surface area contributed by atoms with E-state index in [1.165, 1.54) is 0 Å². The molecule has 2 aromatic heterocycles. The molecular formula is C19H16N2O2S2. The molecule has 0 aliphatic carbocycles. The number of fused-ring (bicyclic) bond motifs is 1. The van der Waals surface area contributed by atoms with E-state index in [9.17, 15) is 4.79 Å². The molecule has 25 heavy (non-hydrogen) atoms. The highest BCUT2D eigenvalue weighted by Gasteiger charge is 2.10. The lowest BCUT2D eigenvalue weighted by atomic mass is 10.0. The topological polar surface area (TPSA) is 52.1 Å². The Morgan fingerprint density at radius 2 is 2.08 bits per heavy atom. The molecule has 0 aliphatic rings. The fraction of sp³-hybridized carbons (Fsp3) is 0.211. The molecule has 126 valence electrons. The maximum absolute atomic E-state index is 11.9. The number of carbonyl (C=O) groups is 1. The zero-order valence-corrected chi connectivity index (χ0v) is 15.8. The van der Waals surface area contributed by atoms with Gasteiger partial charge in [0.1, 0.15) is 16.9 Å². The van der Waals surface area contributed by atoms with Gasteiger partial charge in [0.25, 0.3) is 0 Å². The van der Waals surface area contributed by atoms with Gasteiger partial charge in [0.2, 0.25) is 0 Å². The lowest BCUT2D eigenvalue weighted by Gasteiger charge is -2.04. The first-order valence-electron chi connectivity index (χ1n) is 7.70. The van der Waals surface area contributed by atoms with Crippen molar-refractivity contribution in [3.8, 4) is 11.8 Å². The molecule has 0 saturated carbocycles. The summed E-state index contributed by atoms with van der Waals surface area (Å²) in [5.41, 5.74) is 4.08. The largest absolute Gasteiger partial charge is 0.462 e. The third-order valence-corrected chi connectivity index (χ3v) is 5.40. The first kappa shape index (κ1) is 17.5. The predicted molar refractivity (Wildman–Crippen MR) is 102 cm³/mol. The Kier molecular flexibility index (Phi) is 5.37. The highest BCUT2D eigenvalue weighted by molar-refractivity contribution is 7.98. The van der Waals surface area contributed by atoms with Gasteiger partial charge >= 0.3 is 5.97 Å². The zero-order chi connectivity index (χ0) is 17.8. The highest BCUT2D eigenvalue weighted by atomic mass is 32.2. The number of ether oxygens (including phenoxy) is 1. The number of carbonyl (C=O) groups excluding carboxylic acids is 1. The van der Waals surface area contributed by atoms with E-state index in [-0.39, 0.29) is 5.97 Å². The summed E-state index contributed by atoms with van der Waals surface area (Å²) in [6, 6.07) is 5.42. The van der Waals surface area contributed by atoms with E-state index in [0.717, 1.165) is 31.9 Å². The zero-order valence-electron chi connectivity index (χ0n) is 14.1. The van der Waals surface area contributed by atoms with Crippen molar-refractivity contribution in [2.45, 2.75) is 18.9 Å². The van der Waals surface area contributed by atoms with Gasteiger partial charge in [-0.05, 0) is 37.8 Å². The third-order valence-electron chi connectivity index (χ3n) is 3.59. The molecule has 4 nitrogen and oxygen atoms in total. The second kappa shape index (κ2) is 7.68. The molecule has 0 atom stereocenters. The molecule has 0 unspecified atom stereocenters. The van der Waals surface area contributed by atoms with E-state index in [1.54, 1.807) is 48.5 Å². The Morgan fingerprint density at radius 1 is 1.28 bits per heavy atom. The normalized spacial score (nSPS) is 10.4. The van der Waals surface area contributed by atoms with Crippen LogP contribution in [0.4, 0.5) is 0 Å². The number of benzene rings is 1. The van der Waals surface area contributed by atoms with Crippen LogP contribution < -0.4 is 0 Å². The lowest BCUT2D eigenvalue weighted by molar-refractivity contribution is 0.0526. The summed E-state index contributed by atoms with van der Waals surface area (Å²) in [5.74, 6) is 6.02. The average Bonchev–Trinajstić information content (AvgIpc) is 3.04. The predicted octanol–water partition coefficient (Wildman–Crippen LogP) is 4.30. The van der Waals surface area contributed by atoms with Crippen LogP contribution in [0.3, 0.4) is 0 Å². The van der Waals surface area contributed by atoms with E-state index >= 15 is 0 Å². The first-order chi connectivity index (χ1) is 12.1. The Balaban J connectivity index is 1.99. The number of thiophene rings is 1. The molecule has 3 rings (SSSR count). The summed E-state index contributed by atoms with van der Waals surface area (Å²) in [7, 11) is 0. The number of thioether (sulfide) groups is 1. The SMILES string of the molecule is CCOC(=O)c1ccc(C)c(C#Cc2csc3c(SC)ncnc23)c1. The Morgan fingerprint density at radius 3 is 2.84 bits per heavy atom. The van der Waals surface area contributed by atoms with Crippen LogP contribution in [0.5, 0.6) is 0 Å². The van der Waals surface area contributed by atoms with E-state index in [4.69, 9.17) is 4.74 Å². The Bertz CT molecular complexity index is 1000. The van der Waals surface area contributed by atoms with Gasteiger partial charge in [-0.2, -0.15) is 0 Å². The molecule has 1 aromatic carbocycles. The van der Waals surface area contributed by atoms with Crippen LogP contribution in [-0.2, 0) is 4.74 Å². The number of hydrogen-bond donors (Lipinski definition) is 0. The van der Waals surface area contributed by atoms with Gasteiger partial charge in [-0.15, -0.1) is 23.1 Å². The smallest absolute Gasteiger partial charge is 0.338 e. The summed E-state index contributed by atoms with van der Waals surface area (Å²) in [5, 5.41) is 2.96. The molecular weight excluding hydrogens is 352 g/mol. The van der Waals surface area contributed by atoms with E-state index in [2.05, 4.69) is 21.8 Å². The minimum absolute atomic E-state index is 0.330. The van der Waals surface area contributed by atoms with Crippen LogP contribution >= 0.6 is 23.1 Å². The number of rotatable bonds is 3. The van der Waals surface area contributed by atoms with Crippen molar-refractivity contribution in [3.05, 3.63) is 52.2 Å². The van der Waals surface area contributed by atoms with Gasteiger partial charge in [0.05, 0.1) is 22.4 Å². The monoisotopic (exact) mass is 368 g/mol. The summed E-state index contributed by atoms with van der Waals surface area (Å²) < 4.78 is 6.10. The van der Waals surface area contributed by atoms with Gasteiger partial charge in [-0.25, -0.2) is 14.8 Å². The second-order valence-corrected chi connectivity index (χ2v) is 6.88. The van der Waals surface area contributed by atoms with Crippen LogP contribution in [0.1, 0.15) is 34.0 Å². The minimum Gasteiger partial charge on any atom is -0.462 e. The maximum atomic E-state index is 11.9. The van der Waals surface area contributed by atoms with Crippen LogP contribution in [0.15, 0.2) is 34.9 Å². The first-order valence-corrected chi connectivity index (χ1v) is 9.80. The fourth-order valence-electron chi connectivity index (χ4n) is 2.30. The number of nitrogens with zero attached hydrogens (tertiary/aromatic N) is 2. The Hall–Kier alpha value is -2.36. The van der Waals surface area contributed by atoms with Crippen LogP contribution in [0.25, 0.3) is 10.2 Å². The van der Waals surface area contributed by atoms with Crippen molar-refractivity contribution in [3.63, 3.8) is 0 Å². The highest BCUT2D eigenvalue weighted by Crippen LogP contribution is 2.30. The summed E-state index contributed by atoms with van der Waals surface area (Å²) in [6.45, 7) is 4.12. The van der Waals surface area contributed by atoms with Gasteiger partial charge in [0, 0.05) is 10.9 Å². The van der Waals surface area contributed by atoms with E-state index in [0.29, 0.717) is 12.2 Å². The lowest BCUT2D eigenvalue weighted by Crippen LogP contribution is -2.05. The van der Waals surface area contributed by atoms with Crippen LogP contribution in [0.2, 0.25) is 0 Å². The van der Waals surface area contributed by atoms with Crippen molar-refractivity contribution in [2.75, 3.05) is 12.9 Å². The minimum atomic E-state index is -0.330. The number of aryl methyl sites for hydroxylation is 1. The molecule has 0 spiro atoms. The molecule has 0 amide bonds. The van der Waals surface area contributed by atoms with Crippen LogP contribution in [-0.4, -0.2) is 28.8 Å². The van der Waals surface area contributed by atoms with Gasteiger partial charge < -0.3 is 4.74 Å². The second-order valence-electron chi connectivity index (χ2n) is 5.21. The number of esters is 1. The molecule has 0 fully saturated rings. The Labute approximate surface area is 154 Å². The van der Waals surface area contributed by atoms with Gasteiger partial charge in [-0.1, -0.05) is 17.9 Å². The van der Waals surface area contributed by atoms with E-state index < -0.39 is 0 Å². The standard InChI is InChI=1S/C19H16N2O2S2/c1-4-23-19(22)14-6-5-12(2)13(9-14)7-8-15-10-25-17-16(15)20-11-21-18(17)24-3/h5-6,9-11H,4H2,1-3H3. The summed E-state index contributed by atoms with van der Waals surface area (Å²) >= 11 is 3.19. The summed E-state index contributed by atoms with van der Waals surface area (Å²) in [4.78, 5) is 20.5.